The first-order valence-electron chi connectivity index (χ1n) is 5.48. The van der Waals surface area contributed by atoms with Crippen molar-refractivity contribution in [3.05, 3.63) is 22.8 Å². The van der Waals surface area contributed by atoms with Gasteiger partial charge in [-0.15, -0.1) is 0 Å². The maximum absolute atomic E-state index is 11.4. The summed E-state index contributed by atoms with van der Waals surface area (Å²) in [5, 5.41) is 14.5. The van der Waals surface area contributed by atoms with E-state index in [2.05, 4.69) is 15.6 Å². The zero-order valence-corrected chi connectivity index (χ0v) is 10.2. The lowest BCUT2D eigenvalue weighted by Crippen LogP contribution is -2.31. The number of halogens is 1. The molecule has 1 aromatic heterocycles. The average Bonchev–Trinajstić information content (AvgIpc) is 3.11. The van der Waals surface area contributed by atoms with Gasteiger partial charge < -0.3 is 15.7 Å². The molecule has 0 spiro atoms. The van der Waals surface area contributed by atoms with Crippen molar-refractivity contribution in [3.8, 4) is 0 Å². The van der Waals surface area contributed by atoms with Gasteiger partial charge in [-0.25, -0.2) is 9.78 Å². The number of nitrogens with zero attached hydrogens (tertiary/aromatic N) is 1. The third-order valence-corrected chi connectivity index (χ3v) is 2.76. The number of carboxylic acid groups (broad SMARTS) is 1. The molecule has 1 amide bonds. The SMILES string of the molecule is O=C(CNc1cc(C(=O)O)c(Cl)cn1)NC1CC1. The highest BCUT2D eigenvalue weighted by Crippen LogP contribution is 2.19. The van der Waals surface area contributed by atoms with E-state index in [1.165, 1.54) is 12.3 Å². The maximum atomic E-state index is 11.4. The van der Waals surface area contributed by atoms with Gasteiger partial charge in [0.1, 0.15) is 5.82 Å². The molecular formula is C11H12ClN3O3. The van der Waals surface area contributed by atoms with Crippen LogP contribution in [0.2, 0.25) is 5.02 Å². The third kappa shape index (κ3) is 3.33. The molecule has 0 saturated heterocycles. The summed E-state index contributed by atoms with van der Waals surface area (Å²) in [4.78, 5) is 26.2. The van der Waals surface area contributed by atoms with Crippen molar-refractivity contribution in [2.75, 3.05) is 11.9 Å². The second-order valence-corrected chi connectivity index (χ2v) is 4.46. The molecule has 96 valence electrons. The maximum Gasteiger partial charge on any atom is 0.337 e. The van der Waals surface area contributed by atoms with E-state index in [-0.39, 0.29) is 23.0 Å². The highest BCUT2D eigenvalue weighted by molar-refractivity contribution is 6.33. The Morgan fingerprint density at radius 1 is 1.50 bits per heavy atom. The van der Waals surface area contributed by atoms with Crippen LogP contribution in [0.5, 0.6) is 0 Å². The van der Waals surface area contributed by atoms with Crippen LogP contribution in [0.4, 0.5) is 5.82 Å². The Labute approximate surface area is 108 Å². The highest BCUT2D eigenvalue weighted by Gasteiger charge is 2.22. The minimum Gasteiger partial charge on any atom is -0.478 e. The summed E-state index contributed by atoms with van der Waals surface area (Å²) in [5.74, 6) is -0.957. The van der Waals surface area contributed by atoms with E-state index in [9.17, 15) is 9.59 Å². The molecule has 0 aromatic carbocycles. The van der Waals surface area contributed by atoms with Gasteiger partial charge in [-0.3, -0.25) is 4.79 Å². The van der Waals surface area contributed by atoms with Crippen molar-refractivity contribution in [1.29, 1.82) is 0 Å². The zero-order valence-electron chi connectivity index (χ0n) is 9.44. The number of carboxylic acids is 1. The predicted octanol–water partition coefficient (Wildman–Crippen LogP) is 1.12. The number of nitrogens with one attached hydrogen (secondary N) is 2. The minimum absolute atomic E-state index is 0.0447. The van der Waals surface area contributed by atoms with Gasteiger partial charge in [0.05, 0.1) is 17.1 Å². The number of aromatic nitrogens is 1. The van der Waals surface area contributed by atoms with E-state index in [4.69, 9.17) is 16.7 Å². The second kappa shape index (κ2) is 5.22. The lowest BCUT2D eigenvalue weighted by atomic mass is 10.2. The molecule has 1 aliphatic carbocycles. The number of hydrogen-bond acceptors (Lipinski definition) is 4. The third-order valence-electron chi connectivity index (χ3n) is 2.46. The smallest absolute Gasteiger partial charge is 0.337 e. The molecule has 1 heterocycles. The second-order valence-electron chi connectivity index (χ2n) is 4.05. The molecular weight excluding hydrogens is 258 g/mol. The molecule has 7 heteroatoms. The topological polar surface area (TPSA) is 91.3 Å². The first-order valence-corrected chi connectivity index (χ1v) is 5.86. The molecule has 1 saturated carbocycles. The first kappa shape index (κ1) is 12.6. The van der Waals surface area contributed by atoms with Gasteiger partial charge >= 0.3 is 5.97 Å². The summed E-state index contributed by atoms with van der Waals surface area (Å²) < 4.78 is 0. The Kier molecular flexibility index (Phi) is 3.66. The molecule has 18 heavy (non-hydrogen) atoms. The van der Waals surface area contributed by atoms with Crippen LogP contribution < -0.4 is 10.6 Å². The molecule has 6 nitrogen and oxygen atoms in total. The minimum atomic E-state index is -1.13. The molecule has 3 N–H and O–H groups in total. The van der Waals surface area contributed by atoms with Gasteiger partial charge in [0.25, 0.3) is 0 Å². The molecule has 1 aliphatic rings. The Balaban J connectivity index is 1.94. The number of carbonyl (C=O) groups excluding carboxylic acids is 1. The fourth-order valence-electron chi connectivity index (χ4n) is 1.38. The van der Waals surface area contributed by atoms with Crippen molar-refractivity contribution in [3.63, 3.8) is 0 Å². The van der Waals surface area contributed by atoms with Crippen LogP contribution in [0.15, 0.2) is 12.3 Å². The van der Waals surface area contributed by atoms with Crippen molar-refractivity contribution in [2.24, 2.45) is 0 Å². The number of amides is 1. The van der Waals surface area contributed by atoms with E-state index in [0.29, 0.717) is 11.9 Å². The quantitative estimate of drug-likeness (QED) is 0.745. The van der Waals surface area contributed by atoms with Gasteiger partial charge in [-0.1, -0.05) is 11.6 Å². The Hall–Kier alpha value is -1.82. The summed E-state index contributed by atoms with van der Waals surface area (Å²) in [6.45, 7) is 0.0597. The fraction of sp³-hybridized carbons (Fsp3) is 0.364. The molecule has 0 unspecified atom stereocenters. The summed E-state index contributed by atoms with van der Waals surface area (Å²) in [5.41, 5.74) is -0.0447. The molecule has 0 radical (unpaired) electrons. The number of hydrogen-bond donors (Lipinski definition) is 3. The number of carbonyl (C=O) groups is 2. The van der Waals surface area contributed by atoms with Gasteiger partial charge in [-0.05, 0) is 18.9 Å². The molecule has 0 atom stereocenters. The Morgan fingerprint density at radius 3 is 2.83 bits per heavy atom. The number of anilines is 1. The standard InChI is InChI=1S/C11H12ClN3O3/c12-8-4-13-9(3-7(8)11(17)18)14-5-10(16)15-6-1-2-6/h3-4,6H,1-2,5H2,(H,13,14)(H,15,16)(H,17,18). The van der Waals surface area contributed by atoms with E-state index in [0.717, 1.165) is 12.8 Å². The van der Waals surface area contributed by atoms with Crippen LogP contribution in [-0.4, -0.2) is 34.6 Å². The fourth-order valence-corrected chi connectivity index (χ4v) is 1.56. The highest BCUT2D eigenvalue weighted by atomic mass is 35.5. The van der Waals surface area contributed by atoms with E-state index in [1.54, 1.807) is 0 Å². The molecule has 2 rings (SSSR count). The lowest BCUT2D eigenvalue weighted by molar-refractivity contribution is -0.119. The van der Waals surface area contributed by atoms with Gasteiger partial charge in [0.2, 0.25) is 5.91 Å². The van der Waals surface area contributed by atoms with E-state index in [1.807, 2.05) is 0 Å². The summed E-state index contributed by atoms with van der Waals surface area (Å²) in [7, 11) is 0. The summed E-state index contributed by atoms with van der Waals surface area (Å²) in [6, 6.07) is 1.60. The van der Waals surface area contributed by atoms with Crippen molar-refractivity contribution < 1.29 is 14.7 Å². The molecule has 1 fully saturated rings. The van der Waals surface area contributed by atoms with Gasteiger partial charge in [-0.2, -0.15) is 0 Å². The van der Waals surface area contributed by atoms with E-state index >= 15 is 0 Å². The van der Waals surface area contributed by atoms with Crippen molar-refractivity contribution in [2.45, 2.75) is 18.9 Å². The number of pyridine rings is 1. The van der Waals surface area contributed by atoms with Gasteiger partial charge in [0.15, 0.2) is 0 Å². The van der Waals surface area contributed by atoms with Gasteiger partial charge in [0, 0.05) is 12.2 Å². The van der Waals surface area contributed by atoms with Crippen molar-refractivity contribution in [1.82, 2.24) is 10.3 Å². The predicted molar refractivity (Wildman–Crippen MR) is 65.9 cm³/mol. The molecule has 1 aromatic rings. The van der Waals surface area contributed by atoms with Crippen LogP contribution in [0.3, 0.4) is 0 Å². The summed E-state index contributed by atoms with van der Waals surface area (Å²) >= 11 is 5.68. The Morgan fingerprint density at radius 2 is 2.22 bits per heavy atom. The van der Waals surface area contributed by atoms with Crippen LogP contribution in [-0.2, 0) is 4.79 Å². The van der Waals surface area contributed by atoms with Crippen LogP contribution in [0, 0.1) is 0 Å². The monoisotopic (exact) mass is 269 g/mol. The normalized spacial score (nSPS) is 14.1. The molecule has 0 aliphatic heterocycles. The summed E-state index contributed by atoms with van der Waals surface area (Å²) in [6.07, 6.45) is 3.29. The zero-order chi connectivity index (χ0) is 13.1. The van der Waals surface area contributed by atoms with Crippen molar-refractivity contribution >= 4 is 29.3 Å². The Bertz CT molecular complexity index is 488. The van der Waals surface area contributed by atoms with Crippen LogP contribution in [0.1, 0.15) is 23.2 Å². The average molecular weight is 270 g/mol. The first-order chi connectivity index (χ1) is 8.56. The number of aromatic carboxylic acids is 1. The van der Waals surface area contributed by atoms with E-state index < -0.39 is 5.97 Å². The van der Waals surface area contributed by atoms with Crippen LogP contribution in [0.25, 0.3) is 0 Å². The lowest BCUT2D eigenvalue weighted by Gasteiger charge is -2.07. The molecule has 0 bridgehead atoms. The number of rotatable bonds is 5. The van der Waals surface area contributed by atoms with Crippen LogP contribution >= 0.6 is 11.6 Å². The largest absolute Gasteiger partial charge is 0.478 e.